The summed E-state index contributed by atoms with van der Waals surface area (Å²) in [6.45, 7) is 4.12. The fraction of sp³-hybridized carbons (Fsp3) is 0.370. The highest BCUT2D eigenvalue weighted by Gasteiger charge is 2.23. The lowest BCUT2D eigenvalue weighted by Crippen LogP contribution is -2.40. The van der Waals surface area contributed by atoms with Gasteiger partial charge in [-0.2, -0.15) is 0 Å². The number of nitrogens with one attached hydrogen (secondary N) is 1. The van der Waals surface area contributed by atoms with E-state index < -0.39 is 6.10 Å². The van der Waals surface area contributed by atoms with Gasteiger partial charge in [-0.25, -0.2) is 0 Å². The molecule has 3 aromatic carbocycles. The zero-order chi connectivity index (χ0) is 20.9. The summed E-state index contributed by atoms with van der Waals surface area (Å²) in [7, 11) is 0. The Morgan fingerprint density at radius 3 is 2.50 bits per heavy atom. The number of benzene rings is 3. The van der Waals surface area contributed by atoms with Crippen molar-refractivity contribution in [3.8, 4) is 5.75 Å². The highest BCUT2D eigenvalue weighted by molar-refractivity contribution is 5.89. The van der Waals surface area contributed by atoms with Gasteiger partial charge in [-0.15, -0.1) is 0 Å². The molecule has 156 valence electrons. The normalized spacial score (nSPS) is 15.3. The first kappa shape index (κ1) is 20.5. The molecule has 0 saturated carbocycles. The van der Waals surface area contributed by atoms with Crippen molar-refractivity contribution in [2.75, 3.05) is 0 Å². The number of amides is 1. The number of hydrogen-bond donors (Lipinski definition) is 1. The maximum atomic E-state index is 13.1. The molecule has 2 atom stereocenters. The molecule has 30 heavy (non-hydrogen) atoms. The van der Waals surface area contributed by atoms with Crippen molar-refractivity contribution >= 4 is 16.7 Å². The summed E-state index contributed by atoms with van der Waals surface area (Å²) < 4.78 is 6.20. The number of aryl methyl sites for hydroxylation is 2. The zero-order valence-electron chi connectivity index (χ0n) is 18.0. The molecular formula is C27H31NO2. The molecular weight excluding hydrogens is 370 g/mol. The second kappa shape index (κ2) is 9.34. The minimum absolute atomic E-state index is 0.00916. The molecule has 0 aliphatic heterocycles. The Hall–Kier alpha value is -2.81. The average Bonchev–Trinajstić information content (AvgIpc) is 2.80. The SMILES string of the molecule is CC[C@@H](Oc1cccc2ccccc12)C(=O)N[C@H](CC)c1ccc2c(c1)CCCC2. The standard InChI is InChI=1S/C27H31NO2/c1-3-24(22-17-16-19-10-5-6-12-21(19)18-22)28-27(29)25(4-2)30-26-15-9-13-20-11-7-8-14-23(20)26/h7-9,11,13-18,24-25H,3-6,10,12H2,1-2H3,(H,28,29)/t24-,25-/m1/s1. The van der Waals surface area contributed by atoms with Crippen molar-refractivity contribution in [3.63, 3.8) is 0 Å². The van der Waals surface area contributed by atoms with E-state index in [-0.39, 0.29) is 11.9 Å². The van der Waals surface area contributed by atoms with Gasteiger partial charge in [0.15, 0.2) is 6.10 Å². The largest absolute Gasteiger partial charge is 0.480 e. The Morgan fingerprint density at radius 1 is 0.933 bits per heavy atom. The number of carbonyl (C=O) groups excluding carboxylic acids is 1. The van der Waals surface area contributed by atoms with E-state index in [0.29, 0.717) is 6.42 Å². The van der Waals surface area contributed by atoms with Crippen molar-refractivity contribution < 1.29 is 9.53 Å². The summed E-state index contributed by atoms with van der Waals surface area (Å²) in [4.78, 5) is 13.1. The summed E-state index contributed by atoms with van der Waals surface area (Å²) in [6, 6.07) is 20.8. The molecule has 0 unspecified atom stereocenters. The first-order valence-electron chi connectivity index (χ1n) is 11.3. The van der Waals surface area contributed by atoms with Crippen LogP contribution in [-0.4, -0.2) is 12.0 Å². The van der Waals surface area contributed by atoms with E-state index in [2.05, 4.69) is 42.6 Å². The van der Waals surface area contributed by atoms with E-state index in [1.165, 1.54) is 36.0 Å². The molecule has 1 aliphatic carbocycles. The molecule has 4 rings (SSSR count). The van der Waals surface area contributed by atoms with Crippen LogP contribution in [0.15, 0.2) is 60.7 Å². The molecule has 3 heteroatoms. The topological polar surface area (TPSA) is 38.3 Å². The van der Waals surface area contributed by atoms with Crippen LogP contribution in [0.3, 0.4) is 0 Å². The Balaban J connectivity index is 1.50. The van der Waals surface area contributed by atoms with Crippen molar-refractivity contribution in [3.05, 3.63) is 77.4 Å². The number of hydrogen-bond acceptors (Lipinski definition) is 2. The van der Waals surface area contributed by atoms with E-state index >= 15 is 0 Å². The lowest BCUT2D eigenvalue weighted by atomic mass is 9.88. The first-order chi connectivity index (χ1) is 14.7. The molecule has 1 N–H and O–H groups in total. The minimum Gasteiger partial charge on any atom is -0.480 e. The molecule has 0 bridgehead atoms. The molecule has 0 spiro atoms. The molecule has 0 fully saturated rings. The van der Waals surface area contributed by atoms with Gasteiger partial charge in [0.05, 0.1) is 6.04 Å². The van der Waals surface area contributed by atoms with E-state index in [9.17, 15) is 4.79 Å². The van der Waals surface area contributed by atoms with Crippen LogP contribution in [0.5, 0.6) is 5.75 Å². The lowest BCUT2D eigenvalue weighted by Gasteiger charge is -2.24. The van der Waals surface area contributed by atoms with E-state index in [0.717, 1.165) is 29.4 Å². The molecule has 0 saturated heterocycles. The van der Waals surface area contributed by atoms with Gasteiger partial charge >= 0.3 is 0 Å². The summed E-state index contributed by atoms with van der Waals surface area (Å²) in [6.07, 6.45) is 5.83. The molecule has 3 aromatic rings. The Kier molecular flexibility index (Phi) is 6.37. The van der Waals surface area contributed by atoms with E-state index in [4.69, 9.17) is 4.74 Å². The van der Waals surface area contributed by atoms with Crippen LogP contribution in [0, 0.1) is 0 Å². The average molecular weight is 402 g/mol. The van der Waals surface area contributed by atoms with Gasteiger partial charge in [0.1, 0.15) is 5.75 Å². The van der Waals surface area contributed by atoms with Gasteiger partial charge in [-0.05, 0) is 66.7 Å². The third kappa shape index (κ3) is 4.35. The molecule has 0 heterocycles. The van der Waals surface area contributed by atoms with Crippen LogP contribution in [0.1, 0.15) is 62.3 Å². The molecule has 0 aromatic heterocycles. The van der Waals surface area contributed by atoms with Crippen LogP contribution in [-0.2, 0) is 17.6 Å². The van der Waals surface area contributed by atoms with Gasteiger partial charge in [0, 0.05) is 5.39 Å². The van der Waals surface area contributed by atoms with Crippen molar-refractivity contribution in [2.45, 2.75) is 64.5 Å². The van der Waals surface area contributed by atoms with Gasteiger partial charge in [-0.3, -0.25) is 4.79 Å². The maximum absolute atomic E-state index is 13.1. The van der Waals surface area contributed by atoms with Gasteiger partial charge in [-0.1, -0.05) is 68.4 Å². The quantitative estimate of drug-likeness (QED) is 0.516. The number of carbonyl (C=O) groups is 1. The predicted molar refractivity (Wildman–Crippen MR) is 123 cm³/mol. The van der Waals surface area contributed by atoms with Crippen LogP contribution < -0.4 is 10.1 Å². The minimum atomic E-state index is -0.512. The third-order valence-corrected chi connectivity index (χ3v) is 6.18. The highest BCUT2D eigenvalue weighted by Crippen LogP contribution is 2.28. The van der Waals surface area contributed by atoms with Crippen molar-refractivity contribution in [2.24, 2.45) is 0 Å². The molecule has 3 nitrogen and oxygen atoms in total. The third-order valence-electron chi connectivity index (χ3n) is 6.18. The van der Waals surface area contributed by atoms with Crippen LogP contribution in [0.25, 0.3) is 10.8 Å². The van der Waals surface area contributed by atoms with Crippen LogP contribution in [0.4, 0.5) is 0 Å². The summed E-state index contributed by atoms with van der Waals surface area (Å²) in [5, 5.41) is 5.40. The van der Waals surface area contributed by atoms with Crippen LogP contribution >= 0.6 is 0 Å². The smallest absolute Gasteiger partial charge is 0.261 e. The predicted octanol–water partition coefficient (Wildman–Crippen LogP) is 6.14. The van der Waals surface area contributed by atoms with E-state index in [1.807, 2.05) is 37.3 Å². The fourth-order valence-corrected chi connectivity index (χ4v) is 4.43. The summed E-state index contributed by atoms with van der Waals surface area (Å²) >= 11 is 0. The summed E-state index contributed by atoms with van der Waals surface area (Å²) in [5.41, 5.74) is 4.12. The van der Waals surface area contributed by atoms with Gasteiger partial charge in [0.25, 0.3) is 5.91 Å². The highest BCUT2D eigenvalue weighted by atomic mass is 16.5. The Labute approximate surface area is 179 Å². The van der Waals surface area contributed by atoms with E-state index in [1.54, 1.807) is 0 Å². The molecule has 1 aliphatic rings. The molecule has 1 amide bonds. The van der Waals surface area contributed by atoms with Crippen molar-refractivity contribution in [1.29, 1.82) is 0 Å². The Morgan fingerprint density at radius 2 is 1.70 bits per heavy atom. The van der Waals surface area contributed by atoms with Gasteiger partial charge in [0.2, 0.25) is 0 Å². The molecule has 0 radical (unpaired) electrons. The lowest BCUT2D eigenvalue weighted by molar-refractivity contribution is -0.128. The van der Waals surface area contributed by atoms with Crippen molar-refractivity contribution in [1.82, 2.24) is 5.32 Å². The Bertz CT molecular complexity index is 1020. The first-order valence-corrected chi connectivity index (χ1v) is 11.3. The second-order valence-electron chi connectivity index (χ2n) is 8.20. The number of rotatable bonds is 7. The zero-order valence-corrected chi connectivity index (χ0v) is 18.0. The maximum Gasteiger partial charge on any atom is 0.261 e. The fourth-order valence-electron chi connectivity index (χ4n) is 4.43. The number of ether oxygens (including phenoxy) is 1. The monoisotopic (exact) mass is 401 g/mol. The van der Waals surface area contributed by atoms with Crippen LogP contribution in [0.2, 0.25) is 0 Å². The summed E-state index contributed by atoms with van der Waals surface area (Å²) in [5.74, 6) is 0.715. The number of fused-ring (bicyclic) bond motifs is 2. The van der Waals surface area contributed by atoms with Gasteiger partial charge < -0.3 is 10.1 Å². The second-order valence-corrected chi connectivity index (χ2v) is 8.20.